The molecular weight excluding hydrogens is 350 g/mol. The highest BCUT2D eigenvalue weighted by atomic mass is 32.2. The van der Waals surface area contributed by atoms with Gasteiger partial charge in [-0.1, -0.05) is 6.42 Å². The lowest BCUT2D eigenvalue weighted by atomic mass is 10.0. The van der Waals surface area contributed by atoms with Gasteiger partial charge >= 0.3 is 0 Å². The summed E-state index contributed by atoms with van der Waals surface area (Å²) < 4.78 is 27.6. The molecule has 0 radical (unpaired) electrons. The first kappa shape index (κ1) is 19.3. The molecule has 2 fully saturated rings. The van der Waals surface area contributed by atoms with Crippen LogP contribution in [0.4, 0.5) is 5.69 Å². The van der Waals surface area contributed by atoms with E-state index in [-0.39, 0.29) is 10.8 Å². The number of rotatable bonds is 7. The molecule has 1 N–H and O–H groups in total. The van der Waals surface area contributed by atoms with Crippen LogP contribution in [0, 0.1) is 0 Å². The molecule has 6 nitrogen and oxygen atoms in total. The summed E-state index contributed by atoms with van der Waals surface area (Å²) in [7, 11) is -3.50. The predicted octanol–water partition coefficient (Wildman–Crippen LogP) is 2.36. The number of likely N-dealkylation sites (tertiary alicyclic amines) is 1. The van der Waals surface area contributed by atoms with Gasteiger partial charge < -0.3 is 9.80 Å². The molecule has 2 aliphatic rings. The van der Waals surface area contributed by atoms with Crippen LogP contribution in [0.3, 0.4) is 0 Å². The fraction of sp³-hybridized carbons (Fsp3) is 0.632. The molecule has 26 heavy (non-hydrogen) atoms. The molecule has 2 heterocycles. The van der Waals surface area contributed by atoms with Gasteiger partial charge in [0.2, 0.25) is 15.9 Å². The number of sulfonamides is 1. The number of amides is 1. The van der Waals surface area contributed by atoms with Crippen LogP contribution in [-0.2, 0) is 14.8 Å². The maximum Gasteiger partial charge on any atom is 0.240 e. The molecule has 1 amide bonds. The Morgan fingerprint density at radius 3 is 2.54 bits per heavy atom. The maximum atomic E-state index is 12.4. The first-order valence-electron chi connectivity index (χ1n) is 9.61. The Bertz CT molecular complexity index is 718. The van der Waals surface area contributed by atoms with E-state index in [1.165, 1.54) is 19.3 Å². The third-order valence-corrected chi connectivity index (χ3v) is 6.86. The molecule has 1 unspecified atom stereocenters. The van der Waals surface area contributed by atoms with Crippen molar-refractivity contribution >= 4 is 21.6 Å². The van der Waals surface area contributed by atoms with Crippen LogP contribution in [-0.4, -0.2) is 51.4 Å². The summed E-state index contributed by atoms with van der Waals surface area (Å²) in [5, 5.41) is 0. The largest absolute Gasteiger partial charge is 0.312 e. The lowest BCUT2D eigenvalue weighted by Gasteiger charge is -2.33. The van der Waals surface area contributed by atoms with Crippen LogP contribution < -0.4 is 9.62 Å². The zero-order valence-corrected chi connectivity index (χ0v) is 16.3. The van der Waals surface area contributed by atoms with Crippen LogP contribution in [0.15, 0.2) is 29.2 Å². The standard InChI is InChI=1S/C19H29N3O3S/c1-16-6-2-3-13-21(16)14-5-12-20-26(24,25)18-10-8-17(9-11-18)22-15-4-7-19(22)23/h8-11,16,20H,2-7,12-15H2,1H3. The van der Waals surface area contributed by atoms with E-state index in [9.17, 15) is 13.2 Å². The van der Waals surface area contributed by atoms with Crippen LogP contribution in [0.5, 0.6) is 0 Å². The third kappa shape index (κ3) is 4.64. The Morgan fingerprint density at radius 1 is 1.12 bits per heavy atom. The van der Waals surface area contributed by atoms with Gasteiger partial charge in [0, 0.05) is 31.2 Å². The van der Waals surface area contributed by atoms with E-state index in [4.69, 9.17) is 0 Å². The van der Waals surface area contributed by atoms with Crippen molar-refractivity contribution in [1.29, 1.82) is 0 Å². The first-order valence-corrected chi connectivity index (χ1v) is 11.1. The number of anilines is 1. The van der Waals surface area contributed by atoms with E-state index in [1.807, 2.05) is 0 Å². The van der Waals surface area contributed by atoms with Gasteiger partial charge in [-0.25, -0.2) is 13.1 Å². The fourth-order valence-corrected chi connectivity index (χ4v) is 4.86. The molecule has 0 spiro atoms. The minimum atomic E-state index is -3.50. The average molecular weight is 380 g/mol. The number of nitrogens with one attached hydrogen (secondary N) is 1. The number of benzene rings is 1. The third-order valence-electron chi connectivity index (χ3n) is 5.39. The summed E-state index contributed by atoms with van der Waals surface area (Å²) in [6.45, 7) is 5.44. The second-order valence-electron chi connectivity index (χ2n) is 7.27. The molecule has 1 aromatic carbocycles. The Balaban J connectivity index is 1.50. The van der Waals surface area contributed by atoms with Gasteiger partial charge in [-0.3, -0.25) is 4.79 Å². The van der Waals surface area contributed by atoms with E-state index in [0.29, 0.717) is 25.6 Å². The van der Waals surface area contributed by atoms with Gasteiger partial charge in [-0.2, -0.15) is 0 Å². The number of nitrogens with zero attached hydrogens (tertiary/aromatic N) is 2. The number of carbonyl (C=O) groups is 1. The second-order valence-corrected chi connectivity index (χ2v) is 9.04. The van der Waals surface area contributed by atoms with Crippen molar-refractivity contribution in [3.05, 3.63) is 24.3 Å². The van der Waals surface area contributed by atoms with Crippen molar-refractivity contribution in [1.82, 2.24) is 9.62 Å². The minimum Gasteiger partial charge on any atom is -0.312 e. The molecule has 0 bridgehead atoms. The van der Waals surface area contributed by atoms with E-state index >= 15 is 0 Å². The summed E-state index contributed by atoms with van der Waals surface area (Å²) in [6, 6.07) is 7.19. The fourth-order valence-electron chi connectivity index (χ4n) is 3.79. The smallest absolute Gasteiger partial charge is 0.240 e. The summed E-state index contributed by atoms with van der Waals surface area (Å²) >= 11 is 0. The van der Waals surface area contributed by atoms with E-state index in [1.54, 1.807) is 29.2 Å². The Hall–Kier alpha value is -1.44. The lowest BCUT2D eigenvalue weighted by Crippen LogP contribution is -2.39. The van der Waals surface area contributed by atoms with Gasteiger partial charge in [-0.15, -0.1) is 0 Å². The van der Waals surface area contributed by atoms with Gasteiger partial charge in [0.05, 0.1) is 4.90 Å². The van der Waals surface area contributed by atoms with Crippen molar-refractivity contribution < 1.29 is 13.2 Å². The van der Waals surface area contributed by atoms with E-state index in [2.05, 4.69) is 16.5 Å². The monoisotopic (exact) mass is 379 g/mol. The SMILES string of the molecule is CC1CCCCN1CCCNS(=O)(=O)c1ccc(N2CCCC2=O)cc1. The molecule has 0 aliphatic carbocycles. The highest BCUT2D eigenvalue weighted by Gasteiger charge is 2.22. The van der Waals surface area contributed by atoms with Crippen LogP contribution in [0.25, 0.3) is 0 Å². The van der Waals surface area contributed by atoms with Crippen molar-refractivity contribution in [2.24, 2.45) is 0 Å². The molecule has 0 saturated carbocycles. The Morgan fingerprint density at radius 2 is 1.88 bits per heavy atom. The molecule has 2 aliphatic heterocycles. The molecule has 7 heteroatoms. The summed E-state index contributed by atoms with van der Waals surface area (Å²) in [6.07, 6.45) is 6.00. The molecule has 1 aromatic rings. The van der Waals surface area contributed by atoms with Crippen molar-refractivity contribution in [2.75, 3.05) is 31.1 Å². The number of hydrogen-bond acceptors (Lipinski definition) is 4. The normalized spacial score (nSPS) is 22.1. The molecule has 3 rings (SSSR count). The van der Waals surface area contributed by atoms with Gasteiger partial charge in [0.1, 0.15) is 0 Å². The van der Waals surface area contributed by atoms with Gasteiger partial charge in [-0.05, 0) is 70.0 Å². The summed E-state index contributed by atoms with van der Waals surface area (Å²) in [4.78, 5) is 16.2. The quantitative estimate of drug-likeness (QED) is 0.739. The highest BCUT2D eigenvalue weighted by molar-refractivity contribution is 7.89. The zero-order chi connectivity index (χ0) is 18.6. The average Bonchev–Trinajstić information content (AvgIpc) is 3.06. The van der Waals surface area contributed by atoms with Gasteiger partial charge in [0.15, 0.2) is 0 Å². The molecule has 2 saturated heterocycles. The zero-order valence-electron chi connectivity index (χ0n) is 15.5. The number of carbonyl (C=O) groups excluding carboxylic acids is 1. The van der Waals surface area contributed by atoms with Crippen LogP contribution in [0.1, 0.15) is 45.4 Å². The topological polar surface area (TPSA) is 69.7 Å². The van der Waals surface area contributed by atoms with E-state index < -0.39 is 10.0 Å². The van der Waals surface area contributed by atoms with Crippen molar-refractivity contribution in [2.45, 2.75) is 56.4 Å². The highest BCUT2D eigenvalue weighted by Crippen LogP contribution is 2.23. The van der Waals surface area contributed by atoms with Crippen LogP contribution >= 0.6 is 0 Å². The Labute approximate surface area is 156 Å². The summed E-state index contributed by atoms with van der Waals surface area (Å²) in [5.74, 6) is 0.102. The van der Waals surface area contributed by atoms with E-state index in [0.717, 1.165) is 31.6 Å². The lowest BCUT2D eigenvalue weighted by molar-refractivity contribution is -0.117. The number of hydrogen-bond donors (Lipinski definition) is 1. The Kier molecular flexibility index (Phi) is 6.32. The molecule has 1 atom stereocenters. The maximum absolute atomic E-state index is 12.4. The summed E-state index contributed by atoms with van der Waals surface area (Å²) in [5.41, 5.74) is 0.769. The second kappa shape index (κ2) is 8.50. The van der Waals surface area contributed by atoms with Crippen molar-refractivity contribution in [3.8, 4) is 0 Å². The molecular formula is C19H29N3O3S. The first-order chi connectivity index (χ1) is 12.5. The predicted molar refractivity (Wildman–Crippen MR) is 103 cm³/mol. The van der Waals surface area contributed by atoms with Crippen molar-refractivity contribution in [3.63, 3.8) is 0 Å². The van der Waals surface area contributed by atoms with Gasteiger partial charge in [0.25, 0.3) is 0 Å². The number of piperidine rings is 1. The minimum absolute atomic E-state index is 0.102. The van der Waals surface area contributed by atoms with Crippen LogP contribution in [0.2, 0.25) is 0 Å². The molecule has 144 valence electrons. The molecule has 0 aromatic heterocycles.